The molecular formula is C13H26N2O3. The zero-order chi connectivity index (χ0) is 13.6. The highest BCUT2D eigenvalue weighted by Crippen LogP contribution is 2.15. The van der Waals surface area contributed by atoms with Gasteiger partial charge in [0.05, 0.1) is 13.2 Å². The minimum Gasteiger partial charge on any atom is -0.468 e. The van der Waals surface area contributed by atoms with Crippen molar-refractivity contribution in [2.24, 2.45) is 0 Å². The fourth-order valence-electron chi connectivity index (χ4n) is 2.37. The summed E-state index contributed by atoms with van der Waals surface area (Å²) >= 11 is 0. The highest BCUT2D eigenvalue weighted by atomic mass is 16.5. The Morgan fingerprint density at radius 2 is 2.28 bits per heavy atom. The smallest absolute Gasteiger partial charge is 0.327 e. The third-order valence-corrected chi connectivity index (χ3v) is 3.56. The third kappa shape index (κ3) is 4.23. The fraction of sp³-hybridized carbons (Fsp3) is 0.923. The molecule has 1 saturated heterocycles. The Kier molecular flexibility index (Phi) is 6.05. The van der Waals surface area contributed by atoms with Crippen LogP contribution in [0.1, 0.15) is 26.2 Å². The van der Waals surface area contributed by atoms with Crippen molar-refractivity contribution in [2.45, 2.75) is 37.8 Å². The maximum atomic E-state index is 11.7. The van der Waals surface area contributed by atoms with Crippen molar-refractivity contribution < 1.29 is 14.3 Å². The van der Waals surface area contributed by atoms with Gasteiger partial charge >= 0.3 is 5.97 Å². The summed E-state index contributed by atoms with van der Waals surface area (Å²) in [5, 5.41) is 3.04. The van der Waals surface area contributed by atoms with E-state index in [1.807, 2.05) is 14.0 Å². The van der Waals surface area contributed by atoms with E-state index >= 15 is 0 Å². The van der Waals surface area contributed by atoms with Crippen molar-refractivity contribution in [2.75, 3.05) is 40.9 Å². The molecule has 106 valence electrons. The number of rotatable bonds is 6. The second-order valence-corrected chi connectivity index (χ2v) is 5.26. The molecule has 0 bridgehead atoms. The average molecular weight is 258 g/mol. The average Bonchev–Trinajstić information content (AvgIpc) is 2.38. The van der Waals surface area contributed by atoms with E-state index in [0.717, 1.165) is 26.0 Å². The lowest BCUT2D eigenvalue weighted by atomic mass is 10.0. The molecule has 1 heterocycles. The van der Waals surface area contributed by atoms with Crippen molar-refractivity contribution in [3.63, 3.8) is 0 Å². The SMILES string of the molecule is CNC(C)(CN(C)CC1CCCCO1)C(=O)OC. The summed E-state index contributed by atoms with van der Waals surface area (Å²) < 4.78 is 10.5. The predicted octanol–water partition coefficient (Wildman–Crippen LogP) is 0.638. The first-order valence-electron chi connectivity index (χ1n) is 6.59. The molecule has 2 atom stereocenters. The van der Waals surface area contributed by atoms with Crippen LogP contribution in [0.3, 0.4) is 0 Å². The number of likely N-dealkylation sites (N-methyl/N-ethyl adjacent to an activating group) is 2. The lowest BCUT2D eigenvalue weighted by Crippen LogP contribution is -2.56. The molecule has 1 N–H and O–H groups in total. The van der Waals surface area contributed by atoms with E-state index in [1.54, 1.807) is 7.05 Å². The third-order valence-electron chi connectivity index (χ3n) is 3.56. The van der Waals surface area contributed by atoms with Crippen LogP contribution in [0.4, 0.5) is 0 Å². The van der Waals surface area contributed by atoms with Crippen LogP contribution < -0.4 is 5.32 Å². The Morgan fingerprint density at radius 3 is 2.78 bits per heavy atom. The molecule has 0 saturated carbocycles. The molecule has 0 radical (unpaired) electrons. The molecule has 1 aliphatic heterocycles. The molecule has 0 spiro atoms. The molecule has 5 nitrogen and oxygen atoms in total. The normalized spacial score (nSPS) is 23.7. The van der Waals surface area contributed by atoms with Crippen LogP contribution in [0.25, 0.3) is 0 Å². The van der Waals surface area contributed by atoms with Crippen LogP contribution in [0.15, 0.2) is 0 Å². The van der Waals surface area contributed by atoms with Gasteiger partial charge in [0.15, 0.2) is 0 Å². The Hall–Kier alpha value is -0.650. The Bertz CT molecular complexity index is 267. The number of hydrogen-bond acceptors (Lipinski definition) is 5. The summed E-state index contributed by atoms with van der Waals surface area (Å²) in [5.74, 6) is -0.235. The summed E-state index contributed by atoms with van der Waals surface area (Å²) in [7, 11) is 5.21. The Morgan fingerprint density at radius 1 is 1.56 bits per heavy atom. The minimum absolute atomic E-state index is 0.235. The molecule has 0 aromatic carbocycles. The molecule has 18 heavy (non-hydrogen) atoms. The molecular weight excluding hydrogens is 232 g/mol. The molecule has 0 aromatic rings. The molecule has 0 amide bonds. The van der Waals surface area contributed by atoms with Gasteiger partial charge in [-0.25, -0.2) is 0 Å². The first-order chi connectivity index (χ1) is 8.51. The summed E-state index contributed by atoms with van der Waals surface area (Å²) in [5.41, 5.74) is -0.668. The van der Waals surface area contributed by atoms with E-state index in [0.29, 0.717) is 12.6 Å². The number of nitrogens with zero attached hydrogens (tertiary/aromatic N) is 1. The largest absolute Gasteiger partial charge is 0.468 e. The van der Waals surface area contributed by atoms with Gasteiger partial charge in [-0.2, -0.15) is 0 Å². The number of carbonyl (C=O) groups is 1. The zero-order valence-corrected chi connectivity index (χ0v) is 12.0. The van der Waals surface area contributed by atoms with E-state index < -0.39 is 5.54 Å². The van der Waals surface area contributed by atoms with Crippen LogP contribution >= 0.6 is 0 Å². The number of nitrogens with one attached hydrogen (secondary N) is 1. The number of hydrogen-bond donors (Lipinski definition) is 1. The van der Waals surface area contributed by atoms with E-state index in [4.69, 9.17) is 9.47 Å². The topological polar surface area (TPSA) is 50.8 Å². The van der Waals surface area contributed by atoms with Crippen molar-refractivity contribution in [3.8, 4) is 0 Å². The van der Waals surface area contributed by atoms with Gasteiger partial charge in [-0.1, -0.05) is 0 Å². The van der Waals surface area contributed by atoms with Crippen LogP contribution in [0.2, 0.25) is 0 Å². The minimum atomic E-state index is -0.668. The fourth-order valence-corrected chi connectivity index (χ4v) is 2.37. The molecule has 2 unspecified atom stereocenters. The van der Waals surface area contributed by atoms with Crippen LogP contribution in [-0.2, 0) is 14.3 Å². The van der Waals surface area contributed by atoms with Gasteiger partial charge in [-0.05, 0) is 40.3 Å². The first kappa shape index (κ1) is 15.4. The second kappa shape index (κ2) is 7.07. The second-order valence-electron chi connectivity index (χ2n) is 5.26. The van der Waals surface area contributed by atoms with Gasteiger partial charge in [-0.3, -0.25) is 4.79 Å². The molecule has 1 fully saturated rings. The standard InChI is InChI=1S/C13H26N2O3/c1-13(14-2,12(16)17-4)10-15(3)9-11-7-5-6-8-18-11/h11,14H,5-10H2,1-4H3. The van der Waals surface area contributed by atoms with Crippen LogP contribution in [0, 0.1) is 0 Å². The summed E-state index contributed by atoms with van der Waals surface area (Å²) in [6, 6.07) is 0. The Labute approximate surface area is 110 Å². The first-order valence-corrected chi connectivity index (χ1v) is 6.59. The highest BCUT2D eigenvalue weighted by molar-refractivity contribution is 5.80. The van der Waals surface area contributed by atoms with Crippen molar-refractivity contribution in [3.05, 3.63) is 0 Å². The van der Waals surface area contributed by atoms with Crippen LogP contribution in [0.5, 0.6) is 0 Å². The molecule has 5 heteroatoms. The zero-order valence-electron chi connectivity index (χ0n) is 12.0. The van der Waals surface area contributed by atoms with Gasteiger partial charge < -0.3 is 19.7 Å². The monoisotopic (exact) mass is 258 g/mol. The Balaban J connectivity index is 2.45. The van der Waals surface area contributed by atoms with E-state index in [1.165, 1.54) is 13.5 Å². The van der Waals surface area contributed by atoms with Crippen molar-refractivity contribution in [1.29, 1.82) is 0 Å². The number of carbonyl (C=O) groups excluding carboxylic acids is 1. The highest BCUT2D eigenvalue weighted by Gasteiger charge is 2.34. The maximum Gasteiger partial charge on any atom is 0.327 e. The summed E-state index contributed by atoms with van der Waals surface area (Å²) in [6.45, 7) is 4.18. The van der Waals surface area contributed by atoms with Gasteiger partial charge in [0.1, 0.15) is 5.54 Å². The summed E-state index contributed by atoms with van der Waals surface area (Å²) in [6.07, 6.45) is 3.80. The van der Waals surface area contributed by atoms with Crippen LogP contribution in [-0.4, -0.2) is 63.4 Å². The molecule has 0 aliphatic carbocycles. The number of esters is 1. The quantitative estimate of drug-likeness (QED) is 0.709. The number of ether oxygens (including phenoxy) is 2. The molecule has 0 aromatic heterocycles. The maximum absolute atomic E-state index is 11.7. The van der Waals surface area contributed by atoms with Gasteiger partial charge in [0.2, 0.25) is 0 Å². The lowest BCUT2D eigenvalue weighted by molar-refractivity contribution is -0.148. The van der Waals surface area contributed by atoms with E-state index in [-0.39, 0.29) is 5.97 Å². The van der Waals surface area contributed by atoms with Gasteiger partial charge in [0.25, 0.3) is 0 Å². The molecule has 1 aliphatic rings. The van der Waals surface area contributed by atoms with E-state index in [9.17, 15) is 4.79 Å². The van der Waals surface area contributed by atoms with Crippen molar-refractivity contribution >= 4 is 5.97 Å². The molecule has 1 rings (SSSR count). The number of methoxy groups -OCH3 is 1. The van der Waals surface area contributed by atoms with E-state index in [2.05, 4.69) is 10.2 Å². The predicted molar refractivity (Wildman–Crippen MR) is 70.6 cm³/mol. The lowest BCUT2D eigenvalue weighted by Gasteiger charge is -2.33. The van der Waals surface area contributed by atoms with Crippen molar-refractivity contribution in [1.82, 2.24) is 10.2 Å². The summed E-state index contributed by atoms with van der Waals surface area (Å²) in [4.78, 5) is 13.9. The van der Waals surface area contributed by atoms with Gasteiger partial charge in [-0.15, -0.1) is 0 Å². The van der Waals surface area contributed by atoms with Gasteiger partial charge in [0, 0.05) is 19.7 Å².